The van der Waals surface area contributed by atoms with Crippen LogP contribution in [0, 0.1) is 5.92 Å². The van der Waals surface area contributed by atoms with Crippen molar-refractivity contribution in [2.24, 2.45) is 5.92 Å². The molecular formula is C20H29N3O3. The van der Waals surface area contributed by atoms with Gasteiger partial charge < -0.3 is 15.5 Å². The molecule has 1 atom stereocenters. The highest BCUT2D eigenvalue weighted by molar-refractivity contribution is 5.96. The summed E-state index contributed by atoms with van der Waals surface area (Å²) < 4.78 is 0. The zero-order valence-electron chi connectivity index (χ0n) is 15.7. The van der Waals surface area contributed by atoms with E-state index in [0.29, 0.717) is 30.9 Å². The molecule has 0 radical (unpaired) electrons. The maximum absolute atomic E-state index is 12.2. The van der Waals surface area contributed by atoms with Crippen LogP contribution in [-0.2, 0) is 9.59 Å². The number of nitrogens with zero attached hydrogens (tertiary/aromatic N) is 1. The smallest absolute Gasteiger partial charge is 0.251 e. The topological polar surface area (TPSA) is 78.5 Å². The van der Waals surface area contributed by atoms with Crippen molar-refractivity contribution >= 4 is 17.7 Å². The monoisotopic (exact) mass is 359 g/mol. The van der Waals surface area contributed by atoms with E-state index in [1.165, 1.54) is 0 Å². The van der Waals surface area contributed by atoms with Gasteiger partial charge in [-0.3, -0.25) is 14.4 Å². The fraction of sp³-hybridized carbons (Fsp3) is 0.550. The maximum Gasteiger partial charge on any atom is 0.251 e. The lowest BCUT2D eigenvalue weighted by atomic mass is 10.1. The number of nitrogens with one attached hydrogen (secondary N) is 2. The number of likely N-dealkylation sites (tertiary alicyclic amines) is 1. The third kappa shape index (κ3) is 6.50. The third-order valence-electron chi connectivity index (χ3n) is 4.59. The summed E-state index contributed by atoms with van der Waals surface area (Å²) in [6.07, 6.45) is 2.85. The summed E-state index contributed by atoms with van der Waals surface area (Å²) in [7, 11) is 0. The first kappa shape index (κ1) is 19.9. The van der Waals surface area contributed by atoms with Crippen molar-refractivity contribution in [3.05, 3.63) is 35.9 Å². The number of rotatable bonds is 7. The predicted molar refractivity (Wildman–Crippen MR) is 101 cm³/mol. The van der Waals surface area contributed by atoms with E-state index in [0.717, 1.165) is 19.4 Å². The lowest BCUT2D eigenvalue weighted by molar-refractivity contribution is -0.130. The van der Waals surface area contributed by atoms with Crippen molar-refractivity contribution in [1.29, 1.82) is 0 Å². The molecule has 142 valence electrons. The number of carbonyl (C=O) groups excluding carboxylic acids is 3. The Bertz CT molecular complexity index is 616. The van der Waals surface area contributed by atoms with Crippen molar-refractivity contribution in [2.75, 3.05) is 19.6 Å². The molecule has 1 aromatic carbocycles. The summed E-state index contributed by atoms with van der Waals surface area (Å²) in [4.78, 5) is 38.2. The first-order valence-electron chi connectivity index (χ1n) is 9.36. The zero-order valence-corrected chi connectivity index (χ0v) is 15.7. The van der Waals surface area contributed by atoms with Gasteiger partial charge in [0.2, 0.25) is 11.8 Å². The molecule has 26 heavy (non-hydrogen) atoms. The second-order valence-corrected chi connectivity index (χ2v) is 7.20. The van der Waals surface area contributed by atoms with E-state index in [9.17, 15) is 14.4 Å². The number of carbonyl (C=O) groups is 3. The Morgan fingerprint density at radius 3 is 2.62 bits per heavy atom. The van der Waals surface area contributed by atoms with E-state index in [1.54, 1.807) is 24.3 Å². The molecule has 3 amide bonds. The Labute approximate surface area is 155 Å². The standard InChI is InChI=1S/C20H29N3O3/c1-15(2)10-12-23-13-11-17(8-9-19(23)25)22-18(24)14-21-20(26)16-6-4-3-5-7-16/h3-7,15,17H,8-14H2,1-2H3,(H,21,26)(H,22,24). The summed E-state index contributed by atoms with van der Waals surface area (Å²) >= 11 is 0. The first-order chi connectivity index (χ1) is 12.5. The Morgan fingerprint density at radius 2 is 1.92 bits per heavy atom. The van der Waals surface area contributed by atoms with Crippen LogP contribution >= 0.6 is 0 Å². The van der Waals surface area contributed by atoms with Gasteiger partial charge in [-0.25, -0.2) is 0 Å². The van der Waals surface area contributed by atoms with E-state index in [1.807, 2.05) is 11.0 Å². The van der Waals surface area contributed by atoms with Gasteiger partial charge in [-0.15, -0.1) is 0 Å². The van der Waals surface area contributed by atoms with Gasteiger partial charge in [0.05, 0.1) is 6.54 Å². The van der Waals surface area contributed by atoms with E-state index >= 15 is 0 Å². The normalized spacial score (nSPS) is 17.7. The van der Waals surface area contributed by atoms with Crippen LogP contribution in [-0.4, -0.2) is 48.3 Å². The summed E-state index contributed by atoms with van der Waals surface area (Å²) in [5.41, 5.74) is 0.529. The van der Waals surface area contributed by atoms with Gasteiger partial charge in [0.15, 0.2) is 0 Å². The van der Waals surface area contributed by atoms with Crippen LogP contribution in [0.3, 0.4) is 0 Å². The zero-order chi connectivity index (χ0) is 18.9. The molecule has 2 N–H and O–H groups in total. The van der Waals surface area contributed by atoms with E-state index in [-0.39, 0.29) is 30.3 Å². The van der Waals surface area contributed by atoms with Gasteiger partial charge in [0.1, 0.15) is 0 Å². The third-order valence-corrected chi connectivity index (χ3v) is 4.59. The molecule has 0 saturated carbocycles. The van der Waals surface area contributed by atoms with E-state index in [2.05, 4.69) is 24.5 Å². The minimum absolute atomic E-state index is 0.0240. The van der Waals surface area contributed by atoms with Crippen molar-refractivity contribution in [1.82, 2.24) is 15.5 Å². The summed E-state index contributed by atoms with van der Waals surface area (Å²) in [5, 5.41) is 5.57. The Balaban J connectivity index is 1.75. The van der Waals surface area contributed by atoms with Crippen LogP contribution in [0.2, 0.25) is 0 Å². The van der Waals surface area contributed by atoms with Gasteiger partial charge in [0, 0.05) is 31.1 Å². The average molecular weight is 359 g/mol. The van der Waals surface area contributed by atoms with Gasteiger partial charge >= 0.3 is 0 Å². The quantitative estimate of drug-likeness (QED) is 0.781. The molecule has 1 aliphatic heterocycles. The molecule has 1 unspecified atom stereocenters. The van der Waals surface area contributed by atoms with Crippen LogP contribution in [0.1, 0.15) is 49.9 Å². The summed E-state index contributed by atoms with van der Waals surface area (Å²) in [5.74, 6) is 0.244. The molecule has 1 aromatic rings. The van der Waals surface area contributed by atoms with Crippen molar-refractivity contribution in [3.63, 3.8) is 0 Å². The number of hydrogen-bond acceptors (Lipinski definition) is 3. The molecule has 6 heteroatoms. The minimum Gasteiger partial charge on any atom is -0.352 e. The Kier molecular flexibility index (Phi) is 7.63. The van der Waals surface area contributed by atoms with Crippen molar-refractivity contribution in [3.8, 4) is 0 Å². The van der Waals surface area contributed by atoms with Crippen LogP contribution in [0.5, 0.6) is 0 Å². The highest BCUT2D eigenvalue weighted by Crippen LogP contribution is 2.14. The molecule has 6 nitrogen and oxygen atoms in total. The SMILES string of the molecule is CC(C)CCN1CCC(NC(=O)CNC(=O)c2ccccc2)CCC1=O. The lowest BCUT2D eigenvalue weighted by Crippen LogP contribution is -2.42. The Morgan fingerprint density at radius 1 is 1.19 bits per heavy atom. The van der Waals surface area contributed by atoms with Crippen LogP contribution in [0.15, 0.2) is 30.3 Å². The molecule has 2 rings (SSSR count). The lowest BCUT2D eigenvalue weighted by Gasteiger charge is -2.22. The van der Waals surface area contributed by atoms with Crippen LogP contribution in [0.4, 0.5) is 0 Å². The van der Waals surface area contributed by atoms with Gasteiger partial charge in [-0.05, 0) is 37.3 Å². The summed E-state index contributed by atoms with van der Waals surface area (Å²) in [6.45, 7) is 5.69. The molecule has 1 heterocycles. The van der Waals surface area contributed by atoms with Gasteiger partial charge in [-0.1, -0.05) is 32.0 Å². The van der Waals surface area contributed by atoms with E-state index < -0.39 is 0 Å². The predicted octanol–water partition coefficient (Wildman–Crippen LogP) is 1.96. The largest absolute Gasteiger partial charge is 0.352 e. The highest BCUT2D eigenvalue weighted by Gasteiger charge is 2.23. The number of amides is 3. The fourth-order valence-corrected chi connectivity index (χ4v) is 2.96. The van der Waals surface area contributed by atoms with Crippen molar-refractivity contribution < 1.29 is 14.4 Å². The highest BCUT2D eigenvalue weighted by atomic mass is 16.2. The van der Waals surface area contributed by atoms with Crippen LogP contribution < -0.4 is 10.6 Å². The average Bonchev–Trinajstić information content (AvgIpc) is 2.80. The number of benzene rings is 1. The Hall–Kier alpha value is -2.37. The minimum atomic E-state index is -0.267. The van der Waals surface area contributed by atoms with Crippen LogP contribution in [0.25, 0.3) is 0 Å². The van der Waals surface area contributed by atoms with Gasteiger partial charge in [0.25, 0.3) is 5.91 Å². The molecule has 0 bridgehead atoms. The first-order valence-corrected chi connectivity index (χ1v) is 9.36. The van der Waals surface area contributed by atoms with Gasteiger partial charge in [-0.2, -0.15) is 0 Å². The molecule has 0 aliphatic carbocycles. The summed E-state index contributed by atoms with van der Waals surface area (Å²) in [6, 6.07) is 8.78. The molecule has 0 spiro atoms. The van der Waals surface area contributed by atoms with Crippen molar-refractivity contribution in [2.45, 2.75) is 45.6 Å². The molecule has 0 aromatic heterocycles. The van der Waals surface area contributed by atoms with E-state index in [4.69, 9.17) is 0 Å². The second-order valence-electron chi connectivity index (χ2n) is 7.20. The molecule has 1 fully saturated rings. The second kappa shape index (κ2) is 9.94. The maximum atomic E-state index is 12.2. The molecule has 1 saturated heterocycles. The molecule has 1 aliphatic rings. The molecular weight excluding hydrogens is 330 g/mol. The fourth-order valence-electron chi connectivity index (χ4n) is 2.96. The number of hydrogen-bond donors (Lipinski definition) is 2.